The highest BCUT2D eigenvalue weighted by atomic mass is 79.9. The summed E-state index contributed by atoms with van der Waals surface area (Å²) in [6.45, 7) is 3.89. The van der Waals surface area contributed by atoms with E-state index >= 15 is 0 Å². The minimum Gasteiger partial charge on any atom is -0.305 e. The van der Waals surface area contributed by atoms with Gasteiger partial charge in [-0.15, -0.1) is 0 Å². The van der Waals surface area contributed by atoms with Crippen LogP contribution in [0.5, 0.6) is 0 Å². The van der Waals surface area contributed by atoms with E-state index in [2.05, 4.69) is 27.8 Å². The molecule has 0 amide bonds. The summed E-state index contributed by atoms with van der Waals surface area (Å²) in [7, 11) is 0. The summed E-state index contributed by atoms with van der Waals surface area (Å²) in [6, 6.07) is 7.84. The molecule has 1 unspecified atom stereocenters. The van der Waals surface area contributed by atoms with Crippen molar-refractivity contribution >= 4 is 15.9 Å². The lowest BCUT2D eigenvalue weighted by molar-refractivity contribution is -0.140. The van der Waals surface area contributed by atoms with Gasteiger partial charge in [0.1, 0.15) is 0 Å². The molecule has 0 aromatic heterocycles. The quantitative estimate of drug-likeness (QED) is 0.860. The zero-order valence-electron chi connectivity index (χ0n) is 9.10. The summed E-state index contributed by atoms with van der Waals surface area (Å²) < 4.78 is 38.0. The highest BCUT2D eigenvalue weighted by molar-refractivity contribution is 9.11. The molecular formula is C12H13BrF3N. The SMILES string of the molecule is C=C(Br)CNC(CC(F)(F)F)c1ccccc1. The van der Waals surface area contributed by atoms with E-state index in [-0.39, 0.29) is 0 Å². The summed E-state index contributed by atoms with van der Waals surface area (Å²) in [5, 5.41) is 2.83. The topological polar surface area (TPSA) is 12.0 Å². The molecule has 0 bridgehead atoms. The molecule has 1 atom stereocenters. The van der Waals surface area contributed by atoms with Crippen LogP contribution in [0, 0.1) is 0 Å². The Kier molecular flexibility index (Phi) is 5.21. The first kappa shape index (κ1) is 14.3. The molecule has 0 saturated carbocycles. The van der Waals surface area contributed by atoms with E-state index in [1.54, 1.807) is 30.3 Å². The fraction of sp³-hybridized carbons (Fsp3) is 0.333. The zero-order valence-corrected chi connectivity index (χ0v) is 10.7. The molecule has 94 valence electrons. The third kappa shape index (κ3) is 5.89. The molecule has 0 fully saturated rings. The van der Waals surface area contributed by atoms with Crippen LogP contribution in [0.1, 0.15) is 18.0 Å². The molecule has 17 heavy (non-hydrogen) atoms. The van der Waals surface area contributed by atoms with Crippen molar-refractivity contribution in [3.8, 4) is 0 Å². The Bertz CT molecular complexity index is 362. The minimum atomic E-state index is -4.19. The standard InChI is InChI=1S/C12H13BrF3N/c1-9(13)8-17-11(7-12(14,15)16)10-5-3-2-4-6-10/h2-6,11,17H,1,7-8H2. The fourth-order valence-corrected chi connectivity index (χ4v) is 1.62. The van der Waals surface area contributed by atoms with Crippen molar-refractivity contribution in [1.29, 1.82) is 0 Å². The number of benzene rings is 1. The number of hydrogen-bond donors (Lipinski definition) is 1. The van der Waals surface area contributed by atoms with Crippen molar-refractivity contribution in [2.75, 3.05) is 6.54 Å². The Morgan fingerprint density at radius 1 is 1.29 bits per heavy atom. The fourth-order valence-electron chi connectivity index (χ4n) is 1.46. The second-order valence-corrected chi connectivity index (χ2v) is 4.80. The summed E-state index contributed by atoms with van der Waals surface area (Å²) in [4.78, 5) is 0. The Morgan fingerprint density at radius 3 is 2.35 bits per heavy atom. The van der Waals surface area contributed by atoms with Gasteiger partial charge in [0.05, 0.1) is 6.42 Å². The summed E-state index contributed by atoms with van der Waals surface area (Å²) in [6.07, 6.45) is -5.08. The molecule has 1 rings (SSSR count). The van der Waals surface area contributed by atoms with Gasteiger partial charge in [0.25, 0.3) is 0 Å². The molecule has 0 aliphatic rings. The van der Waals surface area contributed by atoms with Crippen LogP contribution < -0.4 is 5.32 Å². The first-order valence-corrected chi connectivity index (χ1v) is 5.86. The van der Waals surface area contributed by atoms with Crippen LogP contribution in [0.25, 0.3) is 0 Å². The van der Waals surface area contributed by atoms with Gasteiger partial charge in [-0.05, 0) is 5.56 Å². The van der Waals surface area contributed by atoms with Crippen LogP contribution in [-0.2, 0) is 0 Å². The Hall–Kier alpha value is -0.810. The van der Waals surface area contributed by atoms with Crippen molar-refractivity contribution in [3.63, 3.8) is 0 Å². The monoisotopic (exact) mass is 307 g/mol. The second-order valence-electron chi connectivity index (χ2n) is 3.68. The van der Waals surface area contributed by atoms with E-state index in [0.29, 0.717) is 16.6 Å². The third-order valence-corrected chi connectivity index (χ3v) is 2.46. The van der Waals surface area contributed by atoms with E-state index in [9.17, 15) is 13.2 Å². The van der Waals surface area contributed by atoms with Crippen LogP contribution in [0.4, 0.5) is 13.2 Å². The van der Waals surface area contributed by atoms with Crippen molar-refractivity contribution in [1.82, 2.24) is 5.32 Å². The van der Waals surface area contributed by atoms with Crippen LogP contribution in [0.3, 0.4) is 0 Å². The molecular weight excluding hydrogens is 295 g/mol. The predicted molar refractivity (Wildman–Crippen MR) is 65.9 cm³/mol. The maximum absolute atomic E-state index is 12.4. The van der Waals surface area contributed by atoms with Crippen LogP contribution >= 0.6 is 15.9 Å². The Balaban J connectivity index is 2.75. The average Bonchev–Trinajstić information content (AvgIpc) is 2.24. The van der Waals surface area contributed by atoms with Gasteiger partial charge in [-0.3, -0.25) is 0 Å². The van der Waals surface area contributed by atoms with E-state index in [0.717, 1.165) is 0 Å². The number of halogens is 4. The van der Waals surface area contributed by atoms with Gasteiger partial charge < -0.3 is 5.32 Å². The lowest BCUT2D eigenvalue weighted by Gasteiger charge is -2.20. The van der Waals surface area contributed by atoms with E-state index in [1.165, 1.54) is 0 Å². The molecule has 0 spiro atoms. The predicted octanol–water partition coefficient (Wildman–Crippen LogP) is 4.18. The number of alkyl halides is 3. The molecule has 0 heterocycles. The zero-order chi connectivity index (χ0) is 12.9. The molecule has 0 aliphatic carbocycles. The number of hydrogen-bond acceptors (Lipinski definition) is 1. The van der Waals surface area contributed by atoms with Gasteiger partial charge in [-0.1, -0.05) is 52.8 Å². The highest BCUT2D eigenvalue weighted by Crippen LogP contribution is 2.29. The second kappa shape index (κ2) is 6.21. The Labute approximate surface area is 107 Å². The van der Waals surface area contributed by atoms with Crippen LogP contribution in [-0.4, -0.2) is 12.7 Å². The summed E-state index contributed by atoms with van der Waals surface area (Å²) in [5.74, 6) is 0. The first-order chi connectivity index (χ1) is 7.88. The number of nitrogens with one attached hydrogen (secondary N) is 1. The Morgan fingerprint density at radius 2 is 1.88 bits per heavy atom. The van der Waals surface area contributed by atoms with Crippen molar-refractivity contribution in [2.24, 2.45) is 0 Å². The van der Waals surface area contributed by atoms with Gasteiger partial charge >= 0.3 is 6.18 Å². The van der Waals surface area contributed by atoms with Gasteiger partial charge in [0.2, 0.25) is 0 Å². The normalized spacial score (nSPS) is 13.4. The van der Waals surface area contributed by atoms with E-state index < -0.39 is 18.6 Å². The summed E-state index contributed by atoms with van der Waals surface area (Å²) in [5.41, 5.74) is 0.624. The van der Waals surface area contributed by atoms with Crippen molar-refractivity contribution in [2.45, 2.75) is 18.6 Å². The molecule has 1 aromatic rings. The molecule has 0 aliphatic heterocycles. The third-order valence-electron chi connectivity index (χ3n) is 2.18. The smallest absolute Gasteiger partial charge is 0.305 e. The lowest BCUT2D eigenvalue weighted by atomic mass is 10.0. The first-order valence-electron chi connectivity index (χ1n) is 5.07. The van der Waals surface area contributed by atoms with Gasteiger partial charge in [-0.2, -0.15) is 13.2 Å². The number of rotatable bonds is 5. The van der Waals surface area contributed by atoms with Gasteiger partial charge in [-0.25, -0.2) is 0 Å². The molecule has 1 aromatic carbocycles. The maximum Gasteiger partial charge on any atom is 0.390 e. The summed E-state index contributed by atoms with van der Waals surface area (Å²) >= 11 is 3.12. The largest absolute Gasteiger partial charge is 0.390 e. The average molecular weight is 308 g/mol. The van der Waals surface area contributed by atoms with Crippen LogP contribution in [0.15, 0.2) is 41.4 Å². The van der Waals surface area contributed by atoms with E-state index in [1.807, 2.05) is 0 Å². The molecule has 0 saturated heterocycles. The van der Waals surface area contributed by atoms with Crippen molar-refractivity contribution in [3.05, 3.63) is 47.0 Å². The van der Waals surface area contributed by atoms with E-state index in [4.69, 9.17) is 0 Å². The van der Waals surface area contributed by atoms with Crippen molar-refractivity contribution < 1.29 is 13.2 Å². The van der Waals surface area contributed by atoms with Crippen LogP contribution in [0.2, 0.25) is 0 Å². The highest BCUT2D eigenvalue weighted by Gasteiger charge is 2.32. The molecule has 1 N–H and O–H groups in total. The molecule has 0 radical (unpaired) electrons. The molecule has 1 nitrogen and oxygen atoms in total. The maximum atomic E-state index is 12.4. The van der Waals surface area contributed by atoms with Gasteiger partial charge in [0.15, 0.2) is 0 Å². The molecule has 5 heteroatoms. The lowest BCUT2D eigenvalue weighted by Crippen LogP contribution is -2.27. The van der Waals surface area contributed by atoms with Gasteiger partial charge in [0, 0.05) is 17.1 Å². The minimum absolute atomic E-state index is 0.301.